The number of aromatic nitrogens is 1. The van der Waals surface area contributed by atoms with Gasteiger partial charge in [0.1, 0.15) is 10.7 Å². The molecule has 4 nitrogen and oxygen atoms in total. The van der Waals surface area contributed by atoms with Gasteiger partial charge in [-0.3, -0.25) is 4.21 Å². The van der Waals surface area contributed by atoms with Gasteiger partial charge in [-0.25, -0.2) is 4.79 Å². The summed E-state index contributed by atoms with van der Waals surface area (Å²) in [6, 6.07) is 2.89. The minimum Gasteiger partial charge on any atom is -0.477 e. The zero-order chi connectivity index (χ0) is 8.43. The van der Waals surface area contributed by atoms with Gasteiger partial charge in [-0.15, -0.1) is 0 Å². The van der Waals surface area contributed by atoms with Crippen LogP contribution in [0.5, 0.6) is 0 Å². The summed E-state index contributed by atoms with van der Waals surface area (Å²) in [6.45, 7) is 0. The van der Waals surface area contributed by atoms with Crippen molar-refractivity contribution in [2.24, 2.45) is 0 Å². The molecule has 2 N–H and O–H groups in total. The normalized spacial score (nSPS) is 12.8. The molecule has 1 aromatic rings. The van der Waals surface area contributed by atoms with E-state index in [0.29, 0.717) is 5.03 Å². The van der Waals surface area contributed by atoms with Crippen molar-refractivity contribution in [3.63, 3.8) is 0 Å². The molecule has 0 saturated heterocycles. The summed E-state index contributed by atoms with van der Waals surface area (Å²) < 4.78 is 10.8. The molecule has 60 valence electrons. The van der Waals surface area contributed by atoms with Gasteiger partial charge >= 0.3 is 5.97 Å². The molecule has 0 bridgehead atoms. The van der Waals surface area contributed by atoms with E-state index in [-0.39, 0.29) is 5.69 Å². The molecule has 1 heterocycles. The SMILES string of the molecule is CS(=O)c1ccc(C(=O)O)[nH]1. The second kappa shape index (κ2) is 2.87. The number of hydrogen-bond acceptors (Lipinski definition) is 2. The average Bonchev–Trinajstić information content (AvgIpc) is 2.33. The summed E-state index contributed by atoms with van der Waals surface area (Å²) in [4.78, 5) is 12.8. The molecule has 0 saturated carbocycles. The van der Waals surface area contributed by atoms with Crippen molar-refractivity contribution in [1.82, 2.24) is 4.98 Å². The van der Waals surface area contributed by atoms with Crippen molar-refractivity contribution in [3.8, 4) is 0 Å². The summed E-state index contributed by atoms with van der Waals surface area (Å²) >= 11 is 0. The summed E-state index contributed by atoms with van der Waals surface area (Å²) in [7, 11) is -1.14. The van der Waals surface area contributed by atoms with Gasteiger partial charge in [0.15, 0.2) is 0 Å². The molecule has 0 spiro atoms. The first-order valence-corrected chi connectivity index (χ1v) is 4.43. The maximum atomic E-state index is 10.8. The van der Waals surface area contributed by atoms with Crippen molar-refractivity contribution < 1.29 is 14.1 Å². The second-order valence-corrected chi connectivity index (χ2v) is 3.34. The van der Waals surface area contributed by atoms with Crippen LogP contribution >= 0.6 is 0 Å². The number of aromatic carboxylic acids is 1. The van der Waals surface area contributed by atoms with Crippen LogP contribution in [0.4, 0.5) is 0 Å². The van der Waals surface area contributed by atoms with Gasteiger partial charge in [0.2, 0.25) is 0 Å². The Bertz CT molecular complexity index is 276. The van der Waals surface area contributed by atoms with Crippen LogP contribution in [0.2, 0.25) is 0 Å². The van der Waals surface area contributed by atoms with Crippen LogP contribution in [0.15, 0.2) is 17.2 Å². The molecular formula is C6H7NO3S. The van der Waals surface area contributed by atoms with E-state index in [9.17, 15) is 9.00 Å². The topological polar surface area (TPSA) is 70.2 Å². The number of nitrogens with one attached hydrogen (secondary N) is 1. The van der Waals surface area contributed by atoms with Crippen molar-refractivity contribution >= 4 is 16.8 Å². The lowest BCUT2D eigenvalue weighted by atomic mass is 10.4. The fourth-order valence-electron chi connectivity index (χ4n) is 0.668. The molecule has 0 aliphatic heterocycles. The highest BCUT2D eigenvalue weighted by atomic mass is 32.2. The minimum absolute atomic E-state index is 0.0650. The van der Waals surface area contributed by atoms with E-state index in [1.165, 1.54) is 18.4 Å². The third kappa shape index (κ3) is 1.68. The van der Waals surface area contributed by atoms with E-state index >= 15 is 0 Å². The summed E-state index contributed by atoms with van der Waals surface area (Å²) in [5, 5.41) is 8.88. The zero-order valence-electron chi connectivity index (χ0n) is 5.83. The lowest BCUT2D eigenvalue weighted by molar-refractivity contribution is 0.0691. The number of aromatic amines is 1. The highest BCUT2D eigenvalue weighted by molar-refractivity contribution is 7.84. The number of H-pyrrole nitrogens is 1. The Morgan fingerprint density at radius 2 is 2.27 bits per heavy atom. The number of rotatable bonds is 2. The molecule has 0 aromatic carbocycles. The standard InChI is InChI=1S/C6H7NO3S/c1-11(10)5-3-2-4(7-5)6(8)9/h2-3,7H,1H3,(H,8,9). The molecule has 0 aliphatic rings. The van der Waals surface area contributed by atoms with Gasteiger partial charge in [-0.05, 0) is 12.1 Å². The highest BCUT2D eigenvalue weighted by Crippen LogP contribution is 2.04. The smallest absolute Gasteiger partial charge is 0.352 e. The van der Waals surface area contributed by atoms with Gasteiger partial charge in [0.25, 0.3) is 0 Å². The molecule has 1 aromatic heterocycles. The maximum absolute atomic E-state index is 10.8. The van der Waals surface area contributed by atoms with E-state index < -0.39 is 16.8 Å². The molecular weight excluding hydrogens is 166 g/mol. The third-order valence-corrected chi connectivity index (χ3v) is 2.06. The first-order valence-electron chi connectivity index (χ1n) is 2.87. The summed E-state index contributed by atoms with van der Waals surface area (Å²) in [5.41, 5.74) is 0.0650. The second-order valence-electron chi connectivity index (χ2n) is 2.00. The van der Waals surface area contributed by atoms with Gasteiger partial charge in [0, 0.05) is 6.26 Å². The lowest BCUT2D eigenvalue weighted by Gasteiger charge is -1.87. The first kappa shape index (κ1) is 8.00. The molecule has 0 aliphatic carbocycles. The largest absolute Gasteiger partial charge is 0.477 e. The van der Waals surface area contributed by atoms with E-state index in [0.717, 1.165) is 0 Å². The Labute approximate surface area is 65.7 Å². The van der Waals surface area contributed by atoms with E-state index in [2.05, 4.69) is 4.98 Å². The fraction of sp³-hybridized carbons (Fsp3) is 0.167. The highest BCUT2D eigenvalue weighted by Gasteiger charge is 2.06. The molecule has 0 radical (unpaired) electrons. The molecule has 5 heteroatoms. The quantitative estimate of drug-likeness (QED) is 0.682. The monoisotopic (exact) mass is 173 g/mol. The Balaban J connectivity index is 2.99. The number of carboxylic acid groups (broad SMARTS) is 1. The average molecular weight is 173 g/mol. The molecule has 1 rings (SSSR count). The van der Waals surface area contributed by atoms with Crippen LogP contribution in [0.25, 0.3) is 0 Å². The predicted octanol–water partition coefficient (Wildman–Crippen LogP) is 0.450. The van der Waals surface area contributed by atoms with E-state index in [1.807, 2.05) is 0 Å². The summed E-state index contributed by atoms with van der Waals surface area (Å²) in [6.07, 6.45) is 1.48. The van der Waals surface area contributed by atoms with Crippen LogP contribution in [-0.2, 0) is 10.8 Å². The van der Waals surface area contributed by atoms with Gasteiger partial charge in [-0.2, -0.15) is 0 Å². The van der Waals surface area contributed by atoms with Crippen LogP contribution in [0.1, 0.15) is 10.5 Å². The van der Waals surface area contributed by atoms with Crippen molar-refractivity contribution in [2.45, 2.75) is 5.03 Å². The van der Waals surface area contributed by atoms with Crippen molar-refractivity contribution in [3.05, 3.63) is 17.8 Å². The maximum Gasteiger partial charge on any atom is 0.352 e. The van der Waals surface area contributed by atoms with Crippen LogP contribution < -0.4 is 0 Å². The van der Waals surface area contributed by atoms with E-state index in [4.69, 9.17) is 5.11 Å². The zero-order valence-corrected chi connectivity index (χ0v) is 6.64. The number of carbonyl (C=O) groups is 1. The predicted molar refractivity (Wildman–Crippen MR) is 40.1 cm³/mol. The number of carboxylic acids is 1. The molecule has 11 heavy (non-hydrogen) atoms. The Hall–Kier alpha value is -1.10. The fourth-order valence-corrected chi connectivity index (χ4v) is 1.18. The van der Waals surface area contributed by atoms with Gasteiger partial charge < -0.3 is 10.1 Å². The number of hydrogen-bond donors (Lipinski definition) is 2. The van der Waals surface area contributed by atoms with Crippen molar-refractivity contribution in [1.29, 1.82) is 0 Å². The molecule has 1 unspecified atom stereocenters. The van der Waals surface area contributed by atoms with Crippen LogP contribution in [-0.4, -0.2) is 26.5 Å². The minimum atomic E-state index is -1.14. The van der Waals surface area contributed by atoms with Crippen LogP contribution in [0.3, 0.4) is 0 Å². The molecule has 0 amide bonds. The van der Waals surface area contributed by atoms with Gasteiger partial charge in [0.05, 0.1) is 10.8 Å². The molecule has 1 atom stereocenters. The Morgan fingerprint density at radius 3 is 2.55 bits per heavy atom. The first-order chi connectivity index (χ1) is 5.11. The lowest BCUT2D eigenvalue weighted by Crippen LogP contribution is -1.96. The molecule has 0 fully saturated rings. The Morgan fingerprint density at radius 1 is 1.64 bits per heavy atom. The van der Waals surface area contributed by atoms with Gasteiger partial charge in [-0.1, -0.05) is 0 Å². The summed E-state index contributed by atoms with van der Waals surface area (Å²) in [5.74, 6) is -1.04. The van der Waals surface area contributed by atoms with Crippen LogP contribution in [0, 0.1) is 0 Å². The van der Waals surface area contributed by atoms with E-state index in [1.54, 1.807) is 0 Å². The Kier molecular flexibility index (Phi) is 2.09. The third-order valence-electron chi connectivity index (χ3n) is 1.20. The van der Waals surface area contributed by atoms with Crippen molar-refractivity contribution in [2.75, 3.05) is 6.26 Å².